The molecule has 4 rings (SSSR count). The molecular formula is C20H15F2N3O2S. The highest BCUT2D eigenvalue weighted by Crippen LogP contribution is 2.34. The van der Waals surface area contributed by atoms with Crippen LogP contribution in [0.1, 0.15) is 16.1 Å². The van der Waals surface area contributed by atoms with Crippen molar-refractivity contribution in [2.45, 2.75) is 17.0 Å². The first-order chi connectivity index (χ1) is 13.4. The quantitative estimate of drug-likeness (QED) is 0.515. The number of anilines is 1. The van der Waals surface area contributed by atoms with Crippen molar-refractivity contribution in [3.8, 4) is 0 Å². The monoisotopic (exact) mass is 399 g/mol. The van der Waals surface area contributed by atoms with Gasteiger partial charge in [0.15, 0.2) is 10.9 Å². The van der Waals surface area contributed by atoms with Gasteiger partial charge in [-0.1, -0.05) is 0 Å². The SMILES string of the molecule is Cc1c(C(=O)Nc2cc(F)ccc2Sc2nccn2C)oc2ccc(F)cc12. The molecule has 0 spiro atoms. The standard InChI is InChI=1S/C20H15F2N3O2S/c1-11-14-9-12(21)3-5-16(14)27-18(11)19(26)24-15-10-13(22)4-6-17(15)28-20-23-7-8-25(20)2/h3-10H,1-2H3,(H,24,26). The number of amides is 1. The van der Waals surface area contributed by atoms with E-state index in [1.54, 1.807) is 25.4 Å². The van der Waals surface area contributed by atoms with E-state index < -0.39 is 17.5 Å². The molecule has 0 fully saturated rings. The van der Waals surface area contributed by atoms with Crippen LogP contribution in [0.3, 0.4) is 0 Å². The van der Waals surface area contributed by atoms with E-state index in [4.69, 9.17) is 4.42 Å². The lowest BCUT2D eigenvalue weighted by Crippen LogP contribution is -2.13. The summed E-state index contributed by atoms with van der Waals surface area (Å²) in [5.74, 6) is -1.38. The minimum absolute atomic E-state index is 0.0535. The van der Waals surface area contributed by atoms with Gasteiger partial charge >= 0.3 is 0 Å². The average Bonchev–Trinajstić information content (AvgIpc) is 3.21. The van der Waals surface area contributed by atoms with Crippen LogP contribution in [0.15, 0.2) is 63.3 Å². The molecule has 4 aromatic rings. The number of furan rings is 1. The van der Waals surface area contributed by atoms with Crippen molar-refractivity contribution in [2.24, 2.45) is 7.05 Å². The number of nitrogens with zero attached hydrogens (tertiary/aromatic N) is 2. The Labute approximate surface area is 163 Å². The second kappa shape index (κ2) is 7.12. The molecule has 0 aliphatic carbocycles. The molecule has 28 heavy (non-hydrogen) atoms. The Morgan fingerprint density at radius 3 is 2.68 bits per heavy atom. The van der Waals surface area contributed by atoms with Crippen LogP contribution in [0.5, 0.6) is 0 Å². The third kappa shape index (κ3) is 3.38. The smallest absolute Gasteiger partial charge is 0.291 e. The number of benzene rings is 2. The van der Waals surface area contributed by atoms with E-state index in [9.17, 15) is 13.6 Å². The molecule has 2 aromatic carbocycles. The Bertz CT molecular complexity index is 1200. The molecule has 2 heterocycles. The lowest BCUT2D eigenvalue weighted by molar-refractivity contribution is 0.0997. The van der Waals surface area contributed by atoms with Crippen LogP contribution in [-0.2, 0) is 7.05 Å². The summed E-state index contributed by atoms with van der Waals surface area (Å²) in [6.45, 7) is 1.68. The van der Waals surface area contributed by atoms with Crippen LogP contribution in [0.2, 0.25) is 0 Å². The number of imidazole rings is 1. The molecule has 1 amide bonds. The molecule has 0 unspecified atom stereocenters. The highest BCUT2D eigenvalue weighted by atomic mass is 32.2. The van der Waals surface area contributed by atoms with Crippen LogP contribution in [0, 0.1) is 18.6 Å². The number of carbonyl (C=O) groups is 1. The molecule has 0 radical (unpaired) electrons. The molecule has 0 bridgehead atoms. The van der Waals surface area contributed by atoms with Gasteiger partial charge in [0.25, 0.3) is 5.91 Å². The third-order valence-corrected chi connectivity index (χ3v) is 5.42. The van der Waals surface area contributed by atoms with E-state index in [1.807, 2.05) is 11.6 Å². The highest BCUT2D eigenvalue weighted by molar-refractivity contribution is 7.99. The first-order valence-corrected chi connectivity index (χ1v) is 9.19. The topological polar surface area (TPSA) is 60.1 Å². The van der Waals surface area contributed by atoms with E-state index in [1.165, 1.54) is 42.1 Å². The fraction of sp³-hybridized carbons (Fsp3) is 0.100. The summed E-state index contributed by atoms with van der Waals surface area (Å²) in [6.07, 6.45) is 3.45. The van der Waals surface area contributed by atoms with Gasteiger partial charge in [-0.15, -0.1) is 0 Å². The lowest BCUT2D eigenvalue weighted by atomic mass is 10.1. The molecular weight excluding hydrogens is 384 g/mol. The molecule has 0 saturated heterocycles. The second-order valence-corrected chi connectivity index (χ2v) is 7.22. The maximum atomic E-state index is 13.8. The molecule has 0 aliphatic rings. The maximum Gasteiger partial charge on any atom is 0.291 e. The lowest BCUT2D eigenvalue weighted by Gasteiger charge is -2.10. The Morgan fingerprint density at radius 2 is 1.93 bits per heavy atom. The van der Waals surface area contributed by atoms with Crippen molar-refractivity contribution in [3.63, 3.8) is 0 Å². The van der Waals surface area contributed by atoms with Gasteiger partial charge in [0.05, 0.1) is 5.69 Å². The summed E-state index contributed by atoms with van der Waals surface area (Å²) in [7, 11) is 1.84. The summed E-state index contributed by atoms with van der Waals surface area (Å²) in [5.41, 5.74) is 1.22. The Kier molecular flexibility index (Phi) is 4.64. The van der Waals surface area contributed by atoms with Gasteiger partial charge in [-0.3, -0.25) is 4.79 Å². The van der Waals surface area contributed by atoms with E-state index in [2.05, 4.69) is 10.3 Å². The molecule has 0 atom stereocenters. The number of hydrogen-bond acceptors (Lipinski definition) is 4. The van der Waals surface area contributed by atoms with Crippen molar-refractivity contribution in [1.29, 1.82) is 0 Å². The molecule has 142 valence electrons. The zero-order valence-corrected chi connectivity index (χ0v) is 15.8. The number of hydrogen-bond donors (Lipinski definition) is 1. The van der Waals surface area contributed by atoms with E-state index in [0.717, 1.165) is 0 Å². The summed E-state index contributed by atoms with van der Waals surface area (Å²) in [5, 5.41) is 3.90. The second-order valence-electron chi connectivity index (χ2n) is 6.21. The van der Waals surface area contributed by atoms with Crippen LogP contribution in [0.4, 0.5) is 14.5 Å². The molecule has 0 saturated carbocycles. The largest absolute Gasteiger partial charge is 0.451 e. The van der Waals surface area contributed by atoms with Crippen LogP contribution in [0.25, 0.3) is 11.0 Å². The van der Waals surface area contributed by atoms with Gasteiger partial charge in [-0.2, -0.15) is 0 Å². The summed E-state index contributed by atoms with van der Waals surface area (Å²) in [6, 6.07) is 8.18. The number of rotatable bonds is 4. The molecule has 2 aromatic heterocycles. The highest BCUT2D eigenvalue weighted by Gasteiger charge is 2.20. The normalized spacial score (nSPS) is 11.1. The van der Waals surface area contributed by atoms with Crippen molar-refractivity contribution < 1.29 is 18.0 Å². The average molecular weight is 399 g/mol. The van der Waals surface area contributed by atoms with Gasteiger partial charge in [0.2, 0.25) is 0 Å². The Balaban J connectivity index is 1.67. The number of aryl methyl sites for hydroxylation is 2. The van der Waals surface area contributed by atoms with Gasteiger partial charge in [-0.05, 0) is 55.1 Å². The number of nitrogens with one attached hydrogen (secondary N) is 1. The summed E-state index contributed by atoms with van der Waals surface area (Å²) in [4.78, 5) is 17.6. The third-order valence-electron chi connectivity index (χ3n) is 4.27. The van der Waals surface area contributed by atoms with Crippen molar-refractivity contribution in [1.82, 2.24) is 9.55 Å². The number of carbonyl (C=O) groups excluding carboxylic acids is 1. The van der Waals surface area contributed by atoms with Gasteiger partial charge in [0.1, 0.15) is 17.2 Å². The summed E-state index contributed by atoms with van der Waals surface area (Å²) < 4.78 is 34.7. The fourth-order valence-corrected chi connectivity index (χ4v) is 3.70. The van der Waals surface area contributed by atoms with Gasteiger partial charge in [0, 0.05) is 35.3 Å². The van der Waals surface area contributed by atoms with E-state index in [0.29, 0.717) is 32.3 Å². The molecule has 8 heteroatoms. The Morgan fingerprint density at radius 1 is 1.18 bits per heavy atom. The number of aromatic nitrogens is 2. The first kappa shape index (κ1) is 18.2. The van der Waals surface area contributed by atoms with E-state index >= 15 is 0 Å². The predicted octanol–water partition coefficient (Wildman–Crippen LogP) is 5.16. The first-order valence-electron chi connectivity index (χ1n) is 8.37. The van der Waals surface area contributed by atoms with Gasteiger partial charge < -0.3 is 14.3 Å². The fourth-order valence-electron chi connectivity index (χ4n) is 2.83. The summed E-state index contributed by atoms with van der Waals surface area (Å²) >= 11 is 1.29. The van der Waals surface area contributed by atoms with Gasteiger partial charge in [-0.25, -0.2) is 13.8 Å². The van der Waals surface area contributed by atoms with E-state index in [-0.39, 0.29) is 5.76 Å². The van der Waals surface area contributed by atoms with Crippen LogP contribution in [-0.4, -0.2) is 15.5 Å². The minimum atomic E-state index is -0.540. The zero-order valence-electron chi connectivity index (χ0n) is 15.0. The number of fused-ring (bicyclic) bond motifs is 1. The maximum absolute atomic E-state index is 13.8. The van der Waals surface area contributed by atoms with Crippen molar-refractivity contribution in [3.05, 3.63) is 71.8 Å². The predicted molar refractivity (Wildman–Crippen MR) is 103 cm³/mol. The van der Waals surface area contributed by atoms with Crippen molar-refractivity contribution in [2.75, 3.05) is 5.32 Å². The number of halogens is 2. The van der Waals surface area contributed by atoms with Crippen molar-refractivity contribution >= 4 is 34.3 Å². The van der Waals surface area contributed by atoms with Crippen LogP contribution >= 0.6 is 11.8 Å². The molecule has 5 nitrogen and oxygen atoms in total. The molecule has 1 N–H and O–H groups in total. The Hall–Kier alpha value is -3.13. The molecule has 0 aliphatic heterocycles. The minimum Gasteiger partial charge on any atom is -0.451 e. The zero-order chi connectivity index (χ0) is 19.8. The van der Waals surface area contributed by atoms with Crippen LogP contribution < -0.4 is 5.32 Å².